The molecule has 0 aliphatic rings. The van der Waals surface area contributed by atoms with E-state index in [2.05, 4.69) is 0 Å². The molecule has 20 heavy (non-hydrogen) atoms. The normalized spacial score (nSPS) is 10.3. The van der Waals surface area contributed by atoms with E-state index in [4.69, 9.17) is 16.3 Å². The second kappa shape index (κ2) is 6.63. The van der Waals surface area contributed by atoms with Crippen molar-refractivity contribution in [3.8, 4) is 5.75 Å². The number of thioether (sulfide) groups is 1. The largest absolute Gasteiger partial charge is 0.490 e. The number of nitro benzene ring substituents is 1. The Labute approximate surface area is 125 Å². The van der Waals surface area contributed by atoms with Crippen molar-refractivity contribution in [2.24, 2.45) is 0 Å². The number of nitro groups is 1. The van der Waals surface area contributed by atoms with Crippen LogP contribution in [0.4, 0.5) is 5.69 Å². The van der Waals surface area contributed by atoms with Gasteiger partial charge in [-0.3, -0.25) is 10.1 Å². The predicted octanol–water partition coefficient (Wildman–Crippen LogP) is 4.55. The van der Waals surface area contributed by atoms with Crippen molar-refractivity contribution in [1.29, 1.82) is 0 Å². The monoisotopic (exact) mass is 309 g/mol. The van der Waals surface area contributed by atoms with Crippen LogP contribution >= 0.6 is 23.4 Å². The van der Waals surface area contributed by atoms with Crippen molar-refractivity contribution < 1.29 is 9.66 Å². The third-order valence-electron chi connectivity index (χ3n) is 2.66. The number of benzene rings is 2. The first-order valence-corrected chi connectivity index (χ1v) is 7.16. The van der Waals surface area contributed by atoms with Crippen molar-refractivity contribution in [3.63, 3.8) is 0 Å². The SMILES string of the molecule is COc1ccc(CSc2ccc(Cl)cc2)cc1[N+](=O)[O-]. The molecule has 0 fully saturated rings. The Hall–Kier alpha value is -1.72. The van der Waals surface area contributed by atoms with Crippen LogP contribution in [0.2, 0.25) is 5.02 Å². The Morgan fingerprint density at radius 3 is 2.55 bits per heavy atom. The lowest BCUT2D eigenvalue weighted by Gasteiger charge is -2.05. The first kappa shape index (κ1) is 14.7. The van der Waals surface area contributed by atoms with Gasteiger partial charge in [0.2, 0.25) is 0 Å². The minimum absolute atomic E-state index is 0.0123. The van der Waals surface area contributed by atoms with E-state index in [-0.39, 0.29) is 11.4 Å². The molecule has 2 aromatic carbocycles. The Bertz CT molecular complexity index is 616. The highest BCUT2D eigenvalue weighted by molar-refractivity contribution is 7.98. The average Bonchev–Trinajstić information content (AvgIpc) is 2.46. The first-order chi connectivity index (χ1) is 9.60. The smallest absolute Gasteiger partial charge is 0.311 e. The standard InChI is InChI=1S/C14H12ClNO3S/c1-19-14-7-2-10(8-13(14)16(17)18)9-20-12-5-3-11(15)4-6-12/h2-8H,9H2,1H3. The van der Waals surface area contributed by atoms with Crippen LogP contribution in [0.15, 0.2) is 47.4 Å². The number of methoxy groups -OCH3 is 1. The number of hydrogen-bond acceptors (Lipinski definition) is 4. The Morgan fingerprint density at radius 1 is 1.25 bits per heavy atom. The summed E-state index contributed by atoms with van der Waals surface area (Å²) in [7, 11) is 1.42. The molecule has 2 aromatic rings. The van der Waals surface area contributed by atoms with Gasteiger partial charge in [-0.25, -0.2) is 0 Å². The van der Waals surface area contributed by atoms with Gasteiger partial charge in [0.1, 0.15) is 0 Å². The van der Waals surface area contributed by atoms with Gasteiger partial charge >= 0.3 is 5.69 Å². The molecule has 2 rings (SSSR count). The first-order valence-electron chi connectivity index (χ1n) is 5.80. The summed E-state index contributed by atoms with van der Waals surface area (Å²) in [6.45, 7) is 0. The van der Waals surface area contributed by atoms with Gasteiger partial charge in [0, 0.05) is 21.7 Å². The molecule has 0 saturated carbocycles. The quantitative estimate of drug-likeness (QED) is 0.462. The Balaban J connectivity index is 2.11. The molecule has 0 radical (unpaired) electrons. The van der Waals surface area contributed by atoms with Crippen molar-refractivity contribution in [3.05, 3.63) is 63.2 Å². The van der Waals surface area contributed by atoms with Crippen molar-refractivity contribution in [1.82, 2.24) is 0 Å². The second-order valence-corrected chi connectivity index (χ2v) is 5.49. The molecule has 0 aromatic heterocycles. The summed E-state index contributed by atoms with van der Waals surface area (Å²) < 4.78 is 4.97. The van der Waals surface area contributed by atoms with Crippen molar-refractivity contribution >= 4 is 29.1 Å². The summed E-state index contributed by atoms with van der Waals surface area (Å²) in [6, 6.07) is 12.5. The molecule has 0 aliphatic heterocycles. The van der Waals surface area contributed by atoms with E-state index in [1.165, 1.54) is 7.11 Å². The topological polar surface area (TPSA) is 52.4 Å². The van der Waals surface area contributed by atoms with E-state index in [0.29, 0.717) is 10.8 Å². The van der Waals surface area contributed by atoms with E-state index in [0.717, 1.165) is 10.5 Å². The zero-order valence-corrected chi connectivity index (χ0v) is 12.3. The molecule has 0 bridgehead atoms. The molecule has 0 unspecified atom stereocenters. The van der Waals surface area contributed by atoms with E-state index >= 15 is 0 Å². The fraction of sp³-hybridized carbons (Fsp3) is 0.143. The van der Waals surface area contributed by atoms with Crippen molar-refractivity contribution in [2.45, 2.75) is 10.6 Å². The number of halogens is 1. The number of rotatable bonds is 5. The minimum atomic E-state index is -0.435. The van der Waals surface area contributed by atoms with Gasteiger partial charge in [-0.05, 0) is 35.9 Å². The van der Waals surface area contributed by atoms with Crippen LogP contribution in [0.5, 0.6) is 5.75 Å². The van der Waals surface area contributed by atoms with Crippen LogP contribution in [0, 0.1) is 10.1 Å². The van der Waals surface area contributed by atoms with Gasteiger partial charge in [0.15, 0.2) is 5.75 Å². The van der Waals surface area contributed by atoms with Gasteiger partial charge in [-0.2, -0.15) is 0 Å². The van der Waals surface area contributed by atoms with Crippen LogP contribution in [-0.2, 0) is 5.75 Å². The fourth-order valence-electron chi connectivity index (χ4n) is 1.67. The second-order valence-electron chi connectivity index (χ2n) is 4.01. The van der Waals surface area contributed by atoms with E-state index in [1.54, 1.807) is 23.9 Å². The number of hydrogen-bond donors (Lipinski definition) is 0. The van der Waals surface area contributed by atoms with Gasteiger partial charge in [0.25, 0.3) is 0 Å². The summed E-state index contributed by atoms with van der Waals surface area (Å²) in [6.07, 6.45) is 0. The molecule has 4 nitrogen and oxygen atoms in total. The molecule has 0 saturated heterocycles. The molecule has 6 heteroatoms. The average molecular weight is 310 g/mol. The summed E-state index contributed by atoms with van der Waals surface area (Å²) in [5.74, 6) is 0.919. The Kier molecular flexibility index (Phi) is 4.87. The van der Waals surface area contributed by atoms with Gasteiger partial charge in [0.05, 0.1) is 12.0 Å². The lowest BCUT2D eigenvalue weighted by Crippen LogP contribution is -1.95. The van der Waals surface area contributed by atoms with E-state index in [1.807, 2.05) is 30.3 Å². The summed E-state index contributed by atoms with van der Waals surface area (Å²) in [5.41, 5.74) is 0.860. The molecular weight excluding hydrogens is 298 g/mol. The predicted molar refractivity (Wildman–Crippen MR) is 80.7 cm³/mol. The third-order valence-corrected chi connectivity index (χ3v) is 3.99. The molecule has 0 heterocycles. The molecule has 0 atom stereocenters. The molecule has 104 valence electrons. The van der Waals surface area contributed by atoms with Crippen LogP contribution in [0.3, 0.4) is 0 Å². The van der Waals surface area contributed by atoms with Crippen LogP contribution in [0.25, 0.3) is 0 Å². The zero-order chi connectivity index (χ0) is 14.5. The highest BCUT2D eigenvalue weighted by atomic mass is 35.5. The fourth-order valence-corrected chi connectivity index (χ4v) is 2.63. The summed E-state index contributed by atoms with van der Waals surface area (Å²) >= 11 is 7.41. The van der Waals surface area contributed by atoms with Crippen molar-refractivity contribution in [2.75, 3.05) is 7.11 Å². The maximum atomic E-state index is 10.9. The lowest BCUT2D eigenvalue weighted by atomic mass is 10.2. The zero-order valence-electron chi connectivity index (χ0n) is 10.7. The summed E-state index contributed by atoms with van der Waals surface area (Å²) in [5, 5.41) is 11.6. The van der Waals surface area contributed by atoms with Gasteiger partial charge in [-0.15, -0.1) is 11.8 Å². The molecule has 0 amide bonds. The van der Waals surface area contributed by atoms with Crippen LogP contribution in [-0.4, -0.2) is 12.0 Å². The minimum Gasteiger partial charge on any atom is -0.490 e. The molecule has 0 spiro atoms. The third kappa shape index (κ3) is 3.65. The molecular formula is C14H12ClNO3S. The highest BCUT2D eigenvalue weighted by Crippen LogP contribution is 2.31. The highest BCUT2D eigenvalue weighted by Gasteiger charge is 2.15. The van der Waals surface area contributed by atoms with Gasteiger partial charge < -0.3 is 4.74 Å². The van der Waals surface area contributed by atoms with E-state index < -0.39 is 4.92 Å². The maximum absolute atomic E-state index is 10.9. The van der Waals surface area contributed by atoms with Gasteiger partial charge in [-0.1, -0.05) is 17.7 Å². The summed E-state index contributed by atoms with van der Waals surface area (Å²) in [4.78, 5) is 11.6. The molecule has 0 N–H and O–H groups in total. The lowest BCUT2D eigenvalue weighted by molar-refractivity contribution is -0.385. The molecule has 0 aliphatic carbocycles. The van der Waals surface area contributed by atoms with Crippen LogP contribution < -0.4 is 4.74 Å². The van der Waals surface area contributed by atoms with Crippen LogP contribution in [0.1, 0.15) is 5.56 Å². The number of nitrogens with zero attached hydrogens (tertiary/aromatic N) is 1. The number of ether oxygens (including phenoxy) is 1. The maximum Gasteiger partial charge on any atom is 0.311 e. The Morgan fingerprint density at radius 2 is 1.95 bits per heavy atom. The van der Waals surface area contributed by atoms with E-state index in [9.17, 15) is 10.1 Å².